The van der Waals surface area contributed by atoms with Gasteiger partial charge in [-0.05, 0) is 37.3 Å². The number of aryl methyl sites for hydroxylation is 1. The Bertz CT molecular complexity index is 1100. The number of carbonyl (C=O) groups excluding carboxylic acids is 1. The van der Waals surface area contributed by atoms with Crippen LogP contribution in [0.4, 0.5) is 16.2 Å². The highest BCUT2D eigenvalue weighted by Crippen LogP contribution is 2.29. The van der Waals surface area contributed by atoms with E-state index in [9.17, 15) is 9.90 Å². The number of anilines is 2. The van der Waals surface area contributed by atoms with Crippen molar-refractivity contribution in [1.29, 1.82) is 0 Å². The number of nitrogens with zero attached hydrogens (tertiary/aromatic N) is 3. The molecule has 0 aliphatic carbocycles. The van der Waals surface area contributed by atoms with Crippen LogP contribution in [0.1, 0.15) is 5.01 Å². The van der Waals surface area contributed by atoms with Crippen molar-refractivity contribution in [3.05, 3.63) is 46.4 Å². The van der Waals surface area contributed by atoms with Gasteiger partial charge in [-0.25, -0.2) is 4.98 Å². The van der Waals surface area contributed by atoms with E-state index in [1.165, 1.54) is 0 Å². The summed E-state index contributed by atoms with van der Waals surface area (Å²) in [4.78, 5) is 20.1. The first-order valence-corrected chi connectivity index (χ1v) is 12.0. The van der Waals surface area contributed by atoms with E-state index in [0.717, 1.165) is 52.8 Å². The zero-order chi connectivity index (χ0) is 22.7. The highest BCUT2D eigenvalue weighted by atomic mass is 35.5. The van der Waals surface area contributed by atoms with Gasteiger partial charge in [0, 0.05) is 44.5 Å². The van der Waals surface area contributed by atoms with Crippen molar-refractivity contribution >= 4 is 62.4 Å². The average molecular weight is 493 g/mol. The Kier molecular flexibility index (Phi) is 7.42. The van der Waals surface area contributed by atoms with Crippen LogP contribution in [-0.4, -0.2) is 65.7 Å². The topological polar surface area (TPSA) is 77.9 Å². The van der Waals surface area contributed by atoms with Crippen LogP contribution in [0.2, 0.25) is 5.02 Å². The number of benzene rings is 2. The van der Waals surface area contributed by atoms with Gasteiger partial charge in [0.25, 0.3) is 5.24 Å². The normalized spacial score (nSPS) is 15.7. The summed E-state index contributed by atoms with van der Waals surface area (Å²) in [7, 11) is 0. The van der Waals surface area contributed by atoms with Gasteiger partial charge in [-0.3, -0.25) is 9.69 Å². The molecule has 2 heterocycles. The first-order valence-electron chi connectivity index (χ1n) is 10.3. The minimum atomic E-state index is -0.576. The number of fused-ring (bicyclic) bond motifs is 1. The Morgan fingerprint density at radius 2 is 2.06 bits per heavy atom. The Morgan fingerprint density at radius 1 is 1.28 bits per heavy atom. The predicted molar refractivity (Wildman–Crippen MR) is 134 cm³/mol. The van der Waals surface area contributed by atoms with Crippen LogP contribution >= 0.6 is 35.6 Å². The summed E-state index contributed by atoms with van der Waals surface area (Å²) in [6.07, 6.45) is -0.576. The first kappa shape index (κ1) is 23.1. The van der Waals surface area contributed by atoms with Gasteiger partial charge < -0.3 is 20.1 Å². The number of thiazole rings is 1. The molecule has 1 amide bonds. The van der Waals surface area contributed by atoms with Crippen LogP contribution in [0.3, 0.4) is 0 Å². The second kappa shape index (κ2) is 10.3. The van der Waals surface area contributed by atoms with Crippen molar-refractivity contribution in [1.82, 2.24) is 9.88 Å². The molecular formula is C22H25ClN4O3S2. The molecule has 0 bridgehead atoms. The van der Waals surface area contributed by atoms with Gasteiger partial charge in [0.1, 0.15) is 18.5 Å². The molecule has 1 atom stereocenters. The molecule has 3 aromatic rings. The minimum absolute atomic E-state index is 0.239. The molecule has 170 valence electrons. The van der Waals surface area contributed by atoms with Crippen LogP contribution in [0.25, 0.3) is 10.2 Å². The maximum Gasteiger partial charge on any atom is 0.280 e. The molecule has 1 aliphatic heterocycles. The standard InChI is InChI=1S/C22H25ClN4O3S2/c1-14-24-20-11-17(3-5-21(20)32-14)30-13-16(28)12-26-6-8-27(9-7-26)15-2-4-19(18(23)10-15)25-22(29)31/h2-5,10-11,16,28H,6-9,12-13H2,1H3,(H2,25,29,31)/t16-/m1/s1. The van der Waals surface area contributed by atoms with Crippen molar-refractivity contribution in [2.45, 2.75) is 13.0 Å². The van der Waals surface area contributed by atoms with Crippen LogP contribution in [-0.2, 0) is 0 Å². The second-order valence-electron chi connectivity index (χ2n) is 7.71. The fourth-order valence-corrected chi connectivity index (χ4v) is 4.91. The SMILES string of the molecule is Cc1nc2cc(OC[C@H](O)CN3CCN(c4ccc(NC(=O)S)c(Cl)c4)CC3)ccc2s1. The lowest BCUT2D eigenvalue weighted by Crippen LogP contribution is -2.49. The number of carbonyl (C=O) groups is 1. The summed E-state index contributed by atoms with van der Waals surface area (Å²) in [5, 5.41) is 14.1. The highest BCUT2D eigenvalue weighted by molar-refractivity contribution is 7.96. The fraction of sp³-hybridized carbons (Fsp3) is 0.364. The third-order valence-electron chi connectivity index (χ3n) is 5.31. The van der Waals surface area contributed by atoms with Crippen molar-refractivity contribution < 1.29 is 14.6 Å². The van der Waals surface area contributed by atoms with Crippen molar-refractivity contribution in [3.63, 3.8) is 0 Å². The number of halogens is 1. The maximum absolute atomic E-state index is 11.1. The summed E-state index contributed by atoms with van der Waals surface area (Å²) in [6.45, 7) is 6.08. The molecule has 2 N–H and O–H groups in total. The minimum Gasteiger partial charge on any atom is -0.491 e. The Morgan fingerprint density at radius 3 is 2.78 bits per heavy atom. The molecule has 0 saturated carbocycles. The molecule has 1 fully saturated rings. The highest BCUT2D eigenvalue weighted by Gasteiger charge is 2.20. The number of aliphatic hydroxyl groups excluding tert-OH is 1. The lowest BCUT2D eigenvalue weighted by Gasteiger charge is -2.37. The molecule has 0 unspecified atom stereocenters. The molecule has 0 radical (unpaired) electrons. The van der Waals surface area contributed by atoms with Gasteiger partial charge in [0.05, 0.1) is 25.9 Å². The molecule has 0 spiro atoms. The maximum atomic E-state index is 11.1. The van der Waals surface area contributed by atoms with Crippen LogP contribution in [0.5, 0.6) is 5.75 Å². The van der Waals surface area contributed by atoms with Crippen molar-refractivity contribution in [3.8, 4) is 5.75 Å². The van der Waals surface area contributed by atoms with E-state index in [0.29, 0.717) is 17.3 Å². The molecule has 1 aromatic heterocycles. The number of ether oxygens (including phenoxy) is 1. The number of β-amino-alcohol motifs (C(OH)–C–C–N with tert-alkyl or cyclic N) is 1. The molecule has 10 heteroatoms. The Balaban J connectivity index is 1.24. The van der Waals surface area contributed by atoms with Crippen molar-refractivity contribution in [2.75, 3.05) is 49.5 Å². The van der Waals surface area contributed by atoms with Crippen LogP contribution in [0, 0.1) is 6.92 Å². The van der Waals surface area contributed by atoms with Gasteiger partial charge in [0.2, 0.25) is 0 Å². The number of hydrogen-bond acceptors (Lipinski definition) is 7. The smallest absolute Gasteiger partial charge is 0.280 e. The monoisotopic (exact) mass is 492 g/mol. The largest absolute Gasteiger partial charge is 0.491 e. The summed E-state index contributed by atoms with van der Waals surface area (Å²) < 4.78 is 6.93. The number of piperazine rings is 1. The number of thiol groups is 1. The summed E-state index contributed by atoms with van der Waals surface area (Å²) in [5.74, 6) is 0.723. The second-order valence-corrected chi connectivity index (χ2v) is 9.76. The number of rotatable bonds is 7. The van der Waals surface area contributed by atoms with E-state index in [2.05, 4.69) is 32.7 Å². The lowest BCUT2D eigenvalue weighted by molar-refractivity contribution is 0.0663. The number of aliphatic hydroxyl groups is 1. The molecular weight excluding hydrogens is 468 g/mol. The molecule has 2 aromatic carbocycles. The quantitative estimate of drug-likeness (QED) is 0.427. The third kappa shape index (κ3) is 5.85. The molecule has 7 nitrogen and oxygen atoms in total. The molecule has 1 aliphatic rings. The van der Waals surface area contributed by atoms with Gasteiger partial charge in [-0.1, -0.05) is 24.2 Å². The summed E-state index contributed by atoms with van der Waals surface area (Å²) in [5.41, 5.74) is 2.47. The first-order chi connectivity index (χ1) is 15.4. The van der Waals surface area contributed by atoms with Gasteiger partial charge in [-0.15, -0.1) is 11.3 Å². The molecule has 1 saturated heterocycles. The van der Waals surface area contributed by atoms with Crippen LogP contribution in [0.15, 0.2) is 36.4 Å². The van der Waals surface area contributed by atoms with Gasteiger partial charge >= 0.3 is 0 Å². The van der Waals surface area contributed by atoms with E-state index in [-0.39, 0.29) is 6.61 Å². The zero-order valence-corrected chi connectivity index (χ0v) is 20.1. The van der Waals surface area contributed by atoms with Gasteiger partial charge in [0.15, 0.2) is 0 Å². The molecule has 32 heavy (non-hydrogen) atoms. The van der Waals surface area contributed by atoms with E-state index < -0.39 is 11.3 Å². The van der Waals surface area contributed by atoms with Crippen molar-refractivity contribution in [2.24, 2.45) is 0 Å². The number of aromatic nitrogens is 1. The van der Waals surface area contributed by atoms with Gasteiger partial charge in [-0.2, -0.15) is 0 Å². The number of amides is 1. The van der Waals surface area contributed by atoms with Crippen LogP contribution < -0.4 is 15.0 Å². The Hall–Kier alpha value is -2.04. The zero-order valence-electron chi connectivity index (χ0n) is 17.6. The fourth-order valence-electron chi connectivity index (χ4n) is 3.76. The van der Waals surface area contributed by atoms with E-state index >= 15 is 0 Å². The van der Waals surface area contributed by atoms with E-state index in [1.54, 1.807) is 17.4 Å². The number of hydrogen-bond donors (Lipinski definition) is 3. The lowest BCUT2D eigenvalue weighted by atomic mass is 10.2. The number of nitrogens with one attached hydrogen (secondary N) is 1. The predicted octanol–water partition coefficient (Wildman–Crippen LogP) is 4.28. The van der Waals surface area contributed by atoms with E-state index in [4.69, 9.17) is 16.3 Å². The van der Waals surface area contributed by atoms with E-state index in [1.807, 2.05) is 37.3 Å². The summed E-state index contributed by atoms with van der Waals surface area (Å²) >= 11 is 11.6. The summed E-state index contributed by atoms with van der Waals surface area (Å²) in [6, 6.07) is 11.4. The third-order valence-corrected chi connectivity index (χ3v) is 6.69. The average Bonchev–Trinajstić information content (AvgIpc) is 3.13. The molecule has 4 rings (SSSR count). The Labute approximate surface area is 201 Å².